The molecule has 0 nitrogen and oxygen atoms in total. The van der Waals surface area contributed by atoms with Crippen LogP contribution in [-0.4, -0.2) is 4.75 Å². The molecule has 1 aliphatic heterocycles. The molecule has 0 saturated heterocycles. The molecule has 15 rings (SSSR count). The van der Waals surface area contributed by atoms with E-state index in [0.717, 1.165) is 0 Å². The van der Waals surface area contributed by atoms with Gasteiger partial charge in [0.1, 0.15) is 0 Å². The predicted octanol–water partition coefficient (Wildman–Crippen LogP) is 21.7. The maximum Gasteiger partial charge on any atom is 0.0536 e. The molecule has 2 unspecified atom stereocenters. The van der Waals surface area contributed by atoms with Crippen molar-refractivity contribution >= 4 is 80.4 Å². The van der Waals surface area contributed by atoms with Crippen molar-refractivity contribution in [2.45, 2.75) is 22.5 Å². The van der Waals surface area contributed by atoms with Crippen LogP contribution in [0.2, 0.25) is 0 Å². The fourth-order valence-electron chi connectivity index (χ4n) is 12.3. The molecule has 0 amide bonds. The molecule has 2 aromatic heterocycles. The highest BCUT2D eigenvalue weighted by Crippen LogP contribution is 2.62. The summed E-state index contributed by atoms with van der Waals surface area (Å²) in [6, 6.07) is 92.4. The van der Waals surface area contributed by atoms with E-state index in [-0.39, 0.29) is 10.7 Å². The molecule has 13 aromatic rings. The minimum Gasteiger partial charge on any atom is -0.134 e. The van der Waals surface area contributed by atoms with E-state index in [1.165, 1.54) is 140 Å². The Morgan fingerprint density at radius 2 is 0.658 bits per heavy atom. The van der Waals surface area contributed by atoms with Crippen molar-refractivity contribution in [3.05, 3.63) is 278 Å². The van der Waals surface area contributed by atoms with E-state index in [1.807, 2.05) is 34.4 Å². The molecular formula is C73H48S3. The zero-order valence-corrected chi connectivity index (χ0v) is 44.2. The lowest BCUT2D eigenvalue weighted by Crippen LogP contribution is -2.27. The van der Waals surface area contributed by atoms with Gasteiger partial charge in [-0.1, -0.05) is 243 Å². The lowest BCUT2D eigenvalue weighted by atomic mass is 9.76. The first kappa shape index (κ1) is 45.1. The molecule has 2 atom stereocenters. The molecule has 76 heavy (non-hydrogen) atoms. The summed E-state index contributed by atoms with van der Waals surface area (Å²) in [5.41, 5.74) is 21.6. The van der Waals surface area contributed by atoms with Crippen LogP contribution in [0.1, 0.15) is 24.0 Å². The normalized spacial score (nSPS) is 15.9. The molecule has 2 aliphatic rings. The number of rotatable bonds is 8. The first-order chi connectivity index (χ1) is 37.5. The largest absolute Gasteiger partial charge is 0.134 e. The SMILES string of the molecule is CC12Sc3c(-c4cccc(-c5cccc(-c6cccc7c6sc6c(-c8ccccc8)cccc67)c5)c4)cccc3C1C=CC=C2c1cccc(-c2cccc(-c3cccc4c3sc3c(-c5ccccc5)cccc34)c2)c1. The summed E-state index contributed by atoms with van der Waals surface area (Å²) in [6.07, 6.45) is 7.09. The average molecular weight is 1020 g/mol. The summed E-state index contributed by atoms with van der Waals surface area (Å²) in [6.45, 7) is 2.46. The molecular weight excluding hydrogens is 973 g/mol. The smallest absolute Gasteiger partial charge is 0.0536 e. The van der Waals surface area contributed by atoms with E-state index in [9.17, 15) is 0 Å². The molecule has 0 bridgehead atoms. The van der Waals surface area contributed by atoms with E-state index in [4.69, 9.17) is 0 Å². The Morgan fingerprint density at radius 3 is 1.12 bits per heavy atom. The third-order valence-electron chi connectivity index (χ3n) is 16.0. The number of hydrogen-bond acceptors (Lipinski definition) is 3. The van der Waals surface area contributed by atoms with E-state index in [2.05, 4.69) is 274 Å². The van der Waals surface area contributed by atoms with Gasteiger partial charge in [-0.25, -0.2) is 0 Å². The van der Waals surface area contributed by atoms with Gasteiger partial charge < -0.3 is 0 Å². The molecule has 0 radical (unpaired) electrons. The number of thiophene rings is 2. The molecule has 3 heterocycles. The minimum absolute atomic E-state index is 0.190. The average Bonchev–Trinajstić information content (AvgIpc) is 4.27. The number of allylic oxidation sites excluding steroid dienone is 3. The van der Waals surface area contributed by atoms with Gasteiger partial charge in [0.25, 0.3) is 0 Å². The molecule has 11 aromatic carbocycles. The van der Waals surface area contributed by atoms with Crippen LogP contribution in [0.25, 0.3) is 124 Å². The van der Waals surface area contributed by atoms with E-state index in [0.29, 0.717) is 0 Å². The van der Waals surface area contributed by atoms with Crippen LogP contribution in [0.15, 0.2) is 272 Å². The molecule has 0 saturated carbocycles. The molecule has 0 N–H and O–H groups in total. The molecule has 3 heteroatoms. The highest BCUT2D eigenvalue weighted by molar-refractivity contribution is 8.01. The van der Waals surface area contributed by atoms with Gasteiger partial charge in [-0.15, -0.1) is 34.4 Å². The maximum atomic E-state index is 2.46. The van der Waals surface area contributed by atoms with Crippen LogP contribution in [0.4, 0.5) is 0 Å². The third kappa shape index (κ3) is 7.40. The summed E-state index contributed by atoms with van der Waals surface area (Å²) in [5, 5.41) is 5.26. The standard InChI is InChI=1S/C73H48S3/c1-73-66(55-29-11-25-51(45-55)50-24-9-27-53(43-50)59-33-15-38-64-62-36-13-31-57(69(62)75-71(59)64)47-20-6-3-7-21-47)40-17-41-67(73)65-39-16-34-60(72(65)76-73)54-28-10-23-49(44-54)48-22-8-26-52(42-48)58-32-14-37-63-61-35-12-30-56(68(61)74-70(58)63)46-18-4-2-5-19-46/h2-45,67H,1H3. The Kier molecular flexibility index (Phi) is 10.8. The van der Waals surface area contributed by atoms with Gasteiger partial charge >= 0.3 is 0 Å². The van der Waals surface area contributed by atoms with Crippen LogP contribution in [0, 0.1) is 0 Å². The number of benzene rings is 11. The molecule has 0 spiro atoms. The van der Waals surface area contributed by atoms with Gasteiger partial charge in [0.05, 0.1) is 4.75 Å². The second-order valence-corrected chi connectivity index (χ2v) is 23.9. The maximum absolute atomic E-state index is 2.46. The molecule has 0 fully saturated rings. The van der Waals surface area contributed by atoms with Gasteiger partial charge in [-0.2, -0.15) is 0 Å². The van der Waals surface area contributed by atoms with Crippen molar-refractivity contribution in [3.63, 3.8) is 0 Å². The third-order valence-corrected chi connectivity index (χ3v) is 20.1. The lowest BCUT2D eigenvalue weighted by molar-refractivity contribution is 0.719. The Hall–Kier alpha value is -8.31. The summed E-state index contributed by atoms with van der Waals surface area (Å²) in [5.74, 6) is 0.240. The minimum atomic E-state index is -0.190. The van der Waals surface area contributed by atoms with Gasteiger partial charge in [-0.3, -0.25) is 0 Å². The van der Waals surface area contributed by atoms with Gasteiger partial charge in [0.15, 0.2) is 0 Å². The first-order valence-electron chi connectivity index (χ1n) is 26.2. The Morgan fingerprint density at radius 1 is 0.316 bits per heavy atom. The Labute approximate surface area is 455 Å². The van der Waals surface area contributed by atoms with Crippen molar-refractivity contribution in [3.8, 4) is 77.9 Å². The van der Waals surface area contributed by atoms with Crippen LogP contribution in [0.5, 0.6) is 0 Å². The summed E-state index contributed by atoms with van der Waals surface area (Å²) >= 11 is 5.86. The van der Waals surface area contributed by atoms with E-state index < -0.39 is 0 Å². The van der Waals surface area contributed by atoms with Crippen molar-refractivity contribution in [2.75, 3.05) is 0 Å². The van der Waals surface area contributed by atoms with Gasteiger partial charge in [0, 0.05) is 51.2 Å². The van der Waals surface area contributed by atoms with Crippen molar-refractivity contribution in [1.82, 2.24) is 0 Å². The van der Waals surface area contributed by atoms with Gasteiger partial charge in [0.2, 0.25) is 0 Å². The predicted molar refractivity (Wildman–Crippen MR) is 331 cm³/mol. The number of thioether (sulfide) groups is 1. The first-order valence-corrected chi connectivity index (χ1v) is 28.6. The second-order valence-electron chi connectivity index (χ2n) is 20.4. The van der Waals surface area contributed by atoms with Crippen LogP contribution < -0.4 is 0 Å². The summed E-state index contributed by atoms with van der Waals surface area (Å²) < 4.78 is 5.15. The van der Waals surface area contributed by atoms with E-state index in [1.54, 1.807) is 0 Å². The van der Waals surface area contributed by atoms with Crippen LogP contribution in [0.3, 0.4) is 0 Å². The van der Waals surface area contributed by atoms with Crippen molar-refractivity contribution in [2.24, 2.45) is 0 Å². The fourth-order valence-corrected chi connectivity index (χ4v) is 16.7. The van der Waals surface area contributed by atoms with Crippen LogP contribution >= 0.6 is 34.4 Å². The molecule has 1 aliphatic carbocycles. The topological polar surface area (TPSA) is 0 Å². The monoisotopic (exact) mass is 1020 g/mol. The van der Waals surface area contributed by atoms with E-state index >= 15 is 0 Å². The summed E-state index contributed by atoms with van der Waals surface area (Å²) in [4.78, 5) is 1.37. The number of fused-ring (bicyclic) bond motifs is 9. The zero-order chi connectivity index (χ0) is 50.3. The second kappa shape index (κ2) is 18.2. The quantitative estimate of drug-likeness (QED) is 0.146. The number of hydrogen-bond donors (Lipinski definition) is 0. The fraction of sp³-hybridized carbons (Fsp3) is 0.0411. The zero-order valence-electron chi connectivity index (χ0n) is 41.7. The Bertz CT molecular complexity index is 4510. The highest BCUT2D eigenvalue weighted by Gasteiger charge is 2.47. The van der Waals surface area contributed by atoms with Gasteiger partial charge in [-0.05, 0) is 126 Å². The summed E-state index contributed by atoms with van der Waals surface area (Å²) in [7, 11) is 0. The van der Waals surface area contributed by atoms with Crippen LogP contribution in [-0.2, 0) is 0 Å². The molecule has 358 valence electrons. The highest BCUT2D eigenvalue weighted by atomic mass is 32.2. The van der Waals surface area contributed by atoms with Crippen molar-refractivity contribution in [1.29, 1.82) is 0 Å². The Balaban J connectivity index is 0.736. The van der Waals surface area contributed by atoms with Crippen molar-refractivity contribution < 1.29 is 0 Å². The lowest BCUT2D eigenvalue weighted by Gasteiger charge is -2.35.